The summed E-state index contributed by atoms with van der Waals surface area (Å²) in [6.45, 7) is 0. The number of nitrogens with one attached hydrogen (secondary N) is 2. The first-order chi connectivity index (χ1) is 15.5. The average molecular weight is 432 g/mol. The van der Waals surface area contributed by atoms with Crippen LogP contribution >= 0.6 is 0 Å². The Labute approximate surface area is 180 Å². The molecule has 1 spiro atoms. The van der Waals surface area contributed by atoms with Crippen LogP contribution in [0.15, 0.2) is 72.9 Å². The van der Waals surface area contributed by atoms with E-state index in [1.807, 2.05) is 12.1 Å². The smallest absolute Gasteiger partial charge is 0.298 e. The van der Waals surface area contributed by atoms with E-state index >= 15 is 0 Å². The first-order valence-corrected chi connectivity index (χ1v) is 9.42. The zero-order chi connectivity index (χ0) is 22.3. The molecule has 1 aromatic heterocycles. The van der Waals surface area contributed by atoms with E-state index in [-0.39, 0.29) is 5.69 Å². The maximum absolute atomic E-state index is 12.6. The monoisotopic (exact) mass is 432 g/mol. The van der Waals surface area contributed by atoms with Gasteiger partial charge in [0.25, 0.3) is 17.1 Å². The molecule has 6 heterocycles. The zero-order valence-electron chi connectivity index (χ0n) is 16.9. The van der Waals surface area contributed by atoms with Gasteiger partial charge in [-0.15, -0.1) is 20.5 Å². The Morgan fingerprint density at radius 1 is 0.875 bits per heavy atom. The van der Waals surface area contributed by atoms with E-state index in [1.54, 1.807) is 24.3 Å². The lowest BCUT2D eigenvalue weighted by molar-refractivity contribution is -0.125. The lowest BCUT2D eigenvalue weighted by Gasteiger charge is -2.18. The van der Waals surface area contributed by atoms with Crippen LogP contribution in [-0.4, -0.2) is 36.1 Å². The summed E-state index contributed by atoms with van der Waals surface area (Å²) >= 11 is 0. The maximum atomic E-state index is 12.6. The number of methoxy groups -OCH3 is 2. The van der Waals surface area contributed by atoms with Crippen molar-refractivity contribution < 1.29 is 14.3 Å². The number of amides is 1. The standard InChI is InChI=1S/C20H16N8O4/c1-31-16-7-11-3-5-13(16)22-23-15-9-28(26-18(15)29)20(10-21-25-19(20)30)27-24-14-6-4-12(11)8-17(14)32-2/h3-10H,1-2H3,(H,25,30)(H,26,29). The molecule has 8 rings (SSSR count). The Hall–Kier alpha value is -4.61. The topological polar surface area (TPSA) is 147 Å². The third kappa shape index (κ3) is 2.96. The molecule has 1 amide bonds. The Morgan fingerprint density at radius 2 is 1.50 bits per heavy atom. The summed E-state index contributed by atoms with van der Waals surface area (Å²) in [5, 5.41) is 22.9. The van der Waals surface area contributed by atoms with Crippen molar-refractivity contribution in [2.75, 3.05) is 14.2 Å². The number of benzene rings is 2. The van der Waals surface area contributed by atoms with Gasteiger partial charge in [0, 0.05) is 0 Å². The fraction of sp³-hybridized carbons (Fsp3) is 0.150. The predicted molar refractivity (Wildman–Crippen MR) is 113 cm³/mol. The number of azo groups is 2. The van der Waals surface area contributed by atoms with Gasteiger partial charge in [0.1, 0.15) is 22.9 Å². The Kier molecular flexibility index (Phi) is 4.40. The first-order valence-electron chi connectivity index (χ1n) is 9.42. The second-order valence-corrected chi connectivity index (χ2v) is 6.92. The molecule has 32 heavy (non-hydrogen) atoms. The summed E-state index contributed by atoms with van der Waals surface area (Å²) in [5.41, 5.74) is 2.46. The second-order valence-electron chi connectivity index (χ2n) is 6.92. The van der Waals surface area contributed by atoms with Crippen molar-refractivity contribution in [3.05, 3.63) is 52.9 Å². The molecule has 6 bridgehead atoms. The third-order valence-corrected chi connectivity index (χ3v) is 5.09. The van der Waals surface area contributed by atoms with Gasteiger partial charge >= 0.3 is 0 Å². The first kappa shape index (κ1) is 19.4. The van der Waals surface area contributed by atoms with Crippen molar-refractivity contribution >= 4 is 29.2 Å². The molecular weight excluding hydrogens is 416 g/mol. The van der Waals surface area contributed by atoms with Crippen LogP contribution < -0.4 is 20.5 Å². The highest BCUT2D eigenvalue weighted by molar-refractivity contribution is 6.03. The van der Waals surface area contributed by atoms with Gasteiger partial charge in [0.05, 0.1) is 26.6 Å². The Bertz CT molecular complexity index is 1390. The lowest BCUT2D eigenvalue weighted by Crippen LogP contribution is -2.43. The van der Waals surface area contributed by atoms with Gasteiger partial charge in [-0.1, -0.05) is 12.1 Å². The largest absolute Gasteiger partial charge is 0.494 e. The number of nitrogens with zero attached hydrogens (tertiary/aromatic N) is 6. The van der Waals surface area contributed by atoms with E-state index in [9.17, 15) is 9.59 Å². The molecular formula is C20H16N8O4. The van der Waals surface area contributed by atoms with E-state index in [1.165, 1.54) is 31.3 Å². The molecule has 0 saturated carbocycles. The van der Waals surface area contributed by atoms with Gasteiger partial charge in [0.15, 0.2) is 5.69 Å². The number of carbonyl (C=O) groups excluding carboxylic acids is 1. The van der Waals surface area contributed by atoms with Crippen molar-refractivity contribution in [2.24, 2.45) is 25.6 Å². The minimum Gasteiger partial charge on any atom is -0.494 e. The van der Waals surface area contributed by atoms with Gasteiger partial charge in [-0.05, 0) is 35.4 Å². The maximum Gasteiger partial charge on any atom is 0.298 e. The van der Waals surface area contributed by atoms with Crippen LogP contribution in [0.5, 0.6) is 11.5 Å². The zero-order valence-corrected chi connectivity index (χ0v) is 16.9. The summed E-state index contributed by atoms with van der Waals surface area (Å²) in [7, 11) is 3.03. The third-order valence-electron chi connectivity index (χ3n) is 5.09. The molecule has 0 aliphatic carbocycles. The molecule has 0 radical (unpaired) electrons. The van der Waals surface area contributed by atoms with Crippen LogP contribution in [0.1, 0.15) is 0 Å². The van der Waals surface area contributed by atoms with Crippen LogP contribution in [-0.2, 0) is 10.5 Å². The fourth-order valence-electron chi connectivity index (χ4n) is 3.36. The van der Waals surface area contributed by atoms with Crippen LogP contribution in [0.2, 0.25) is 0 Å². The number of carbonyl (C=O) groups is 1. The van der Waals surface area contributed by atoms with Crippen LogP contribution in [0.25, 0.3) is 11.1 Å². The van der Waals surface area contributed by atoms with Gasteiger partial charge in [-0.2, -0.15) is 5.10 Å². The minimum absolute atomic E-state index is 0.0354. The van der Waals surface area contributed by atoms with E-state index < -0.39 is 17.1 Å². The molecule has 5 aliphatic rings. The van der Waals surface area contributed by atoms with Crippen LogP contribution in [0.4, 0.5) is 17.1 Å². The molecule has 2 aromatic carbocycles. The summed E-state index contributed by atoms with van der Waals surface area (Å²) in [5.74, 6) is 0.299. The number of rotatable bonds is 2. The van der Waals surface area contributed by atoms with E-state index in [0.29, 0.717) is 22.9 Å². The highest BCUT2D eigenvalue weighted by Gasteiger charge is 2.44. The number of ether oxygens (including phenoxy) is 2. The Balaban J connectivity index is 1.79. The highest BCUT2D eigenvalue weighted by atomic mass is 16.5. The van der Waals surface area contributed by atoms with Gasteiger partial charge in [-0.25, -0.2) is 10.1 Å². The lowest BCUT2D eigenvalue weighted by atomic mass is 10.0. The quantitative estimate of drug-likeness (QED) is 0.640. The molecule has 12 heteroatoms. The van der Waals surface area contributed by atoms with E-state index in [4.69, 9.17) is 9.47 Å². The van der Waals surface area contributed by atoms with Crippen molar-refractivity contribution in [3.8, 4) is 22.6 Å². The van der Waals surface area contributed by atoms with Gasteiger partial charge in [-0.3, -0.25) is 14.7 Å². The number of aromatic nitrogens is 2. The molecule has 5 aliphatic heterocycles. The Morgan fingerprint density at radius 3 is 2.09 bits per heavy atom. The van der Waals surface area contributed by atoms with Crippen molar-refractivity contribution in [1.82, 2.24) is 15.2 Å². The van der Waals surface area contributed by atoms with Crippen molar-refractivity contribution in [3.63, 3.8) is 0 Å². The van der Waals surface area contributed by atoms with E-state index in [2.05, 4.69) is 36.1 Å². The SMILES string of the molecule is COc1cc2ccc1N=Nc1cn([nH]c1=O)C1(C=NNC1=O)N=Nc1ccc-2cc1OC. The van der Waals surface area contributed by atoms with Crippen LogP contribution in [0.3, 0.4) is 0 Å². The summed E-state index contributed by atoms with van der Waals surface area (Å²) in [4.78, 5) is 25.1. The molecule has 2 N–H and O–H groups in total. The highest BCUT2D eigenvalue weighted by Crippen LogP contribution is 2.38. The molecule has 160 valence electrons. The summed E-state index contributed by atoms with van der Waals surface area (Å²) < 4.78 is 12.1. The predicted octanol–water partition coefficient (Wildman–Crippen LogP) is 3.14. The molecule has 1 atom stereocenters. The number of hydrogen-bond acceptors (Lipinski definition) is 9. The molecule has 3 aromatic rings. The summed E-state index contributed by atoms with van der Waals surface area (Å²) in [6, 6.07) is 10.7. The van der Waals surface area contributed by atoms with Gasteiger partial charge in [0.2, 0.25) is 0 Å². The molecule has 1 unspecified atom stereocenters. The van der Waals surface area contributed by atoms with Gasteiger partial charge < -0.3 is 9.47 Å². The average Bonchev–Trinajstić information content (AvgIpc) is 3.38. The number of hydrogen-bond donors (Lipinski definition) is 2. The van der Waals surface area contributed by atoms with Crippen molar-refractivity contribution in [1.29, 1.82) is 0 Å². The van der Waals surface area contributed by atoms with Crippen molar-refractivity contribution in [2.45, 2.75) is 5.66 Å². The second kappa shape index (κ2) is 7.27. The normalized spacial score (nSPS) is 18.5. The molecule has 12 nitrogen and oxygen atoms in total. The van der Waals surface area contributed by atoms with Crippen LogP contribution in [0, 0.1) is 0 Å². The number of H-pyrrole nitrogens is 1. The molecule has 0 saturated heterocycles. The summed E-state index contributed by atoms with van der Waals surface area (Å²) in [6.07, 6.45) is 2.55. The van der Waals surface area contributed by atoms with E-state index in [0.717, 1.165) is 11.1 Å². The number of hydrazone groups is 1. The number of aromatic amines is 1. The minimum atomic E-state index is -1.74. The fourth-order valence-corrected chi connectivity index (χ4v) is 3.36. The molecule has 0 fully saturated rings.